The van der Waals surface area contributed by atoms with Crippen molar-refractivity contribution in [2.24, 2.45) is 4.99 Å². The maximum absolute atomic E-state index is 5.26. The lowest BCUT2D eigenvalue weighted by molar-refractivity contribution is 0.369. The summed E-state index contributed by atoms with van der Waals surface area (Å²) >= 11 is 0. The van der Waals surface area contributed by atoms with E-state index >= 15 is 0 Å². The molecule has 0 fully saturated rings. The molecule has 0 aliphatic rings. The molecule has 0 aliphatic carbocycles. The second-order valence-electron chi connectivity index (χ2n) is 6.34. The van der Waals surface area contributed by atoms with Gasteiger partial charge in [0.1, 0.15) is 0 Å². The van der Waals surface area contributed by atoms with Crippen LogP contribution in [0.4, 0.5) is 0 Å². The summed E-state index contributed by atoms with van der Waals surface area (Å²) in [5, 5.41) is 10.7. The van der Waals surface area contributed by atoms with Gasteiger partial charge in [0.2, 0.25) is 5.89 Å². The highest BCUT2D eigenvalue weighted by molar-refractivity contribution is 14.0. The van der Waals surface area contributed by atoms with E-state index in [-0.39, 0.29) is 30.0 Å². The van der Waals surface area contributed by atoms with Crippen molar-refractivity contribution in [2.75, 3.05) is 13.1 Å². The quantitative estimate of drug-likeness (QED) is 0.263. The zero-order valence-electron chi connectivity index (χ0n) is 16.0. The van der Waals surface area contributed by atoms with Gasteiger partial charge in [0.25, 0.3) is 0 Å². The van der Waals surface area contributed by atoms with Crippen LogP contribution in [0.3, 0.4) is 0 Å². The fourth-order valence-electron chi connectivity index (χ4n) is 2.38. The number of hydrogen-bond donors (Lipinski definition) is 2. The molecule has 0 saturated heterocycles. The number of halogens is 1. The topological polar surface area (TPSA) is 75.3 Å². The van der Waals surface area contributed by atoms with E-state index < -0.39 is 0 Å². The van der Waals surface area contributed by atoms with Crippen LogP contribution < -0.4 is 10.6 Å². The van der Waals surface area contributed by atoms with Crippen molar-refractivity contribution in [3.05, 3.63) is 47.6 Å². The highest BCUT2D eigenvalue weighted by Crippen LogP contribution is 2.11. The number of aryl methyl sites for hydroxylation is 1. The minimum atomic E-state index is 0. The van der Waals surface area contributed by atoms with Gasteiger partial charge in [-0.15, -0.1) is 24.0 Å². The second kappa shape index (κ2) is 11.9. The Bertz CT molecular complexity index is 657. The number of aliphatic imine (C=N–C) groups is 1. The molecule has 144 valence electrons. The van der Waals surface area contributed by atoms with Crippen molar-refractivity contribution >= 4 is 29.9 Å². The Balaban J connectivity index is 0.00000338. The van der Waals surface area contributed by atoms with Crippen LogP contribution in [-0.2, 0) is 6.42 Å². The smallest absolute Gasteiger partial charge is 0.226 e. The summed E-state index contributed by atoms with van der Waals surface area (Å²) in [5.74, 6) is 2.58. The molecule has 0 amide bonds. The molecular weight excluding hydrogens is 441 g/mol. The number of rotatable bonds is 8. The lowest BCUT2D eigenvalue weighted by Gasteiger charge is -2.18. The van der Waals surface area contributed by atoms with Crippen LogP contribution in [0.1, 0.15) is 63.4 Å². The summed E-state index contributed by atoms with van der Waals surface area (Å²) < 4.78 is 5.26. The Morgan fingerprint density at radius 1 is 1.19 bits per heavy atom. The molecule has 0 spiro atoms. The normalized spacial score (nSPS) is 12.6. The highest BCUT2D eigenvalue weighted by atomic mass is 127. The van der Waals surface area contributed by atoms with E-state index in [0.717, 1.165) is 31.2 Å². The monoisotopic (exact) mass is 471 g/mol. The molecule has 1 aromatic heterocycles. The zero-order valence-corrected chi connectivity index (χ0v) is 18.4. The Morgan fingerprint density at radius 2 is 1.92 bits per heavy atom. The predicted octanol–water partition coefficient (Wildman–Crippen LogP) is 4.06. The van der Waals surface area contributed by atoms with Crippen molar-refractivity contribution < 1.29 is 4.52 Å². The molecule has 26 heavy (non-hydrogen) atoms. The minimum Gasteiger partial charge on any atom is -0.357 e. The molecule has 7 heteroatoms. The number of benzene rings is 1. The molecule has 0 aliphatic heterocycles. The van der Waals surface area contributed by atoms with Crippen LogP contribution in [0.2, 0.25) is 0 Å². The first-order valence-electron chi connectivity index (χ1n) is 9.02. The molecule has 1 heterocycles. The van der Waals surface area contributed by atoms with Gasteiger partial charge in [0.15, 0.2) is 11.8 Å². The number of nitrogens with zero attached hydrogens (tertiary/aromatic N) is 3. The van der Waals surface area contributed by atoms with E-state index in [1.165, 1.54) is 5.56 Å². The molecule has 1 unspecified atom stereocenters. The van der Waals surface area contributed by atoms with E-state index in [1.54, 1.807) is 0 Å². The summed E-state index contributed by atoms with van der Waals surface area (Å²) in [5.41, 5.74) is 1.24. The van der Waals surface area contributed by atoms with Gasteiger partial charge in [-0.3, -0.25) is 4.99 Å². The van der Waals surface area contributed by atoms with Crippen LogP contribution in [0.15, 0.2) is 39.8 Å². The average molecular weight is 471 g/mol. The molecule has 2 aromatic rings. The Kier molecular flexibility index (Phi) is 10.2. The van der Waals surface area contributed by atoms with Gasteiger partial charge in [-0.1, -0.05) is 49.3 Å². The summed E-state index contributed by atoms with van der Waals surface area (Å²) in [4.78, 5) is 9.03. The van der Waals surface area contributed by atoms with Crippen molar-refractivity contribution in [3.63, 3.8) is 0 Å². The van der Waals surface area contributed by atoms with Gasteiger partial charge in [-0.05, 0) is 25.8 Å². The summed E-state index contributed by atoms with van der Waals surface area (Å²) in [6.07, 6.45) is 1.62. The van der Waals surface area contributed by atoms with E-state index in [0.29, 0.717) is 18.4 Å². The molecule has 0 radical (unpaired) electrons. The average Bonchev–Trinajstić information content (AvgIpc) is 3.09. The van der Waals surface area contributed by atoms with Crippen LogP contribution in [0, 0.1) is 0 Å². The molecule has 0 saturated carbocycles. The highest BCUT2D eigenvalue weighted by Gasteiger charge is 2.09. The van der Waals surface area contributed by atoms with Crippen LogP contribution in [0.5, 0.6) is 0 Å². The van der Waals surface area contributed by atoms with Gasteiger partial charge in [0.05, 0.1) is 6.04 Å². The van der Waals surface area contributed by atoms with Crippen molar-refractivity contribution in [3.8, 4) is 0 Å². The Morgan fingerprint density at radius 3 is 2.54 bits per heavy atom. The van der Waals surface area contributed by atoms with Crippen molar-refractivity contribution in [1.82, 2.24) is 20.8 Å². The van der Waals surface area contributed by atoms with Crippen LogP contribution in [-0.4, -0.2) is 29.2 Å². The number of guanidine groups is 1. The summed E-state index contributed by atoms with van der Waals surface area (Å²) in [6, 6.07) is 10.5. The molecule has 2 N–H and O–H groups in total. The van der Waals surface area contributed by atoms with E-state index in [9.17, 15) is 0 Å². The minimum absolute atomic E-state index is 0. The zero-order chi connectivity index (χ0) is 18.1. The van der Waals surface area contributed by atoms with Crippen molar-refractivity contribution in [2.45, 2.75) is 52.5 Å². The molecule has 1 aromatic carbocycles. The summed E-state index contributed by atoms with van der Waals surface area (Å²) in [7, 11) is 0. The van der Waals surface area contributed by atoms with Crippen LogP contribution in [0.25, 0.3) is 0 Å². The third kappa shape index (κ3) is 7.31. The fraction of sp³-hybridized carbons (Fsp3) is 0.526. The van der Waals surface area contributed by atoms with Crippen LogP contribution >= 0.6 is 24.0 Å². The second-order valence-corrected chi connectivity index (χ2v) is 6.34. The maximum atomic E-state index is 5.26. The molecule has 0 bridgehead atoms. The van der Waals surface area contributed by atoms with Gasteiger partial charge >= 0.3 is 0 Å². The standard InChI is InChI=1S/C19H29N5O.HI/c1-5-20-19(22-15(4)16-10-7-6-8-11-16)21-13-9-12-17-23-18(14(2)3)24-25-17;/h6-8,10-11,14-15H,5,9,12-13H2,1-4H3,(H2,20,21,22);1H. The lowest BCUT2D eigenvalue weighted by Crippen LogP contribution is -2.38. The lowest BCUT2D eigenvalue weighted by atomic mass is 10.1. The Labute approximate surface area is 173 Å². The number of hydrogen-bond acceptors (Lipinski definition) is 4. The Hall–Kier alpha value is -1.64. The summed E-state index contributed by atoms with van der Waals surface area (Å²) in [6.45, 7) is 9.84. The first-order valence-corrected chi connectivity index (χ1v) is 9.02. The molecule has 2 rings (SSSR count). The van der Waals surface area contributed by atoms with Gasteiger partial charge in [-0.2, -0.15) is 4.98 Å². The van der Waals surface area contributed by atoms with E-state index in [2.05, 4.69) is 65.6 Å². The first-order chi connectivity index (χ1) is 12.1. The van der Waals surface area contributed by atoms with Gasteiger partial charge in [-0.25, -0.2) is 0 Å². The largest absolute Gasteiger partial charge is 0.357 e. The third-order valence-electron chi connectivity index (χ3n) is 3.82. The molecular formula is C19H30IN5O. The predicted molar refractivity (Wildman–Crippen MR) is 116 cm³/mol. The van der Waals surface area contributed by atoms with Gasteiger partial charge < -0.3 is 15.2 Å². The third-order valence-corrected chi connectivity index (χ3v) is 3.82. The molecule has 1 atom stereocenters. The fourth-order valence-corrected chi connectivity index (χ4v) is 2.38. The SMILES string of the molecule is CCNC(=NCCCc1nc(C(C)C)no1)NC(C)c1ccccc1.I. The number of nitrogens with one attached hydrogen (secondary N) is 2. The van der Waals surface area contributed by atoms with E-state index in [4.69, 9.17) is 4.52 Å². The van der Waals surface area contributed by atoms with Gasteiger partial charge in [0, 0.05) is 25.4 Å². The molecule has 6 nitrogen and oxygen atoms in total. The van der Waals surface area contributed by atoms with E-state index in [1.807, 2.05) is 18.2 Å². The van der Waals surface area contributed by atoms with Crippen molar-refractivity contribution in [1.29, 1.82) is 0 Å². The number of aromatic nitrogens is 2. The maximum Gasteiger partial charge on any atom is 0.226 e. The first kappa shape index (κ1) is 22.4.